The Morgan fingerprint density at radius 2 is 2.31 bits per heavy atom. The fourth-order valence-electron chi connectivity index (χ4n) is 1.44. The zero-order valence-corrected chi connectivity index (χ0v) is 9.16. The number of fused-ring (bicyclic) bond motifs is 1. The zero-order chi connectivity index (χ0) is 9.42. The van der Waals surface area contributed by atoms with Gasteiger partial charge in [-0.3, -0.25) is 0 Å². The molecule has 0 aliphatic carbocycles. The number of hydrogen-bond acceptors (Lipinski definition) is 2. The monoisotopic (exact) mass is 262 g/mol. The van der Waals surface area contributed by atoms with Gasteiger partial charge in [0.05, 0.1) is 6.10 Å². The predicted molar refractivity (Wildman–Crippen MR) is 55.2 cm³/mol. The van der Waals surface area contributed by atoms with Gasteiger partial charge in [0.2, 0.25) is 0 Å². The first-order valence-corrected chi connectivity index (χ1v) is 5.87. The molecule has 1 nitrogen and oxygen atoms in total. The lowest BCUT2D eigenvalue weighted by Gasteiger charge is -2.21. The van der Waals surface area contributed by atoms with Crippen LogP contribution < -0.4 is 0 Å². The summed E-state index contributed by atoms with van der Waals surface area (Å²) < 4.78 is 13.7. The Labute approximate surface area is 88.5 Å². The van der Waals surface area contributed by atoms with Crippen molar-refractivity contribution in [2.75, 3.05) is 5.75 Å². The van der Waals surface area contributed by atoms with Crippen LogP contribution >= 0.6 is 27.7 Å². The first-order valence-electron chi connectivity index (χ1n) is 3.92. The van der Waals surface area contributed by atoms with Gasteiger partial charge in [0.15, 0.2) is 0 Å². The highest BCUT2D eigenvalue weighted by Gasteiger charge is 2.21. The maximum atomic E-state index is 13.0. The second kappa shape index (κ2) is 3.59. The lowest BCUT2D eigenvalue weighted by Crippen LogP contribution is -2.10. The van der Waals surface area contributed by atoms with Crippen LogP contribution in [0.2, 0.25) is 0 Å². The minimum atomic E-state index is -0.527. The van der Waals surface area contributed by atoms with Gasteiger partial charge in [-0.1, -0.05) is 15.9 Å². The summed E-state index contributed by atoms with van der Waals surface area (Å²) in [5.74, 6) is 1.20. The van der Waals surface area contributed by atoms with E-state index in [2.05, 4.69) is 15.9 Å². The number of halogens is 2. The molecule has 0 spiro atoms. The summed E-state index contributed by atoms with van der Waals surface area (Å²) in [6.07, 6.45) is -0.527. The van der Waals surface area contributed by atoms with E-state index in [0.717, 1.165) is 21.4 Å². The molecule has 1 aliphatic heterocycles. The second-order valence-corrected chi connectivity index (χ2v) is 4.87. The third kappa shape index (κ3) is 1.75. The summed E-state index contributed by atoms with van der Waals surface area (Å²) in [5, 5.41) is 9.60. The molecule has 1 atom stereocenters. The van der Waals surface area contributed by atoms with Crippen molar-refractivity contribution in [3.05, 3.63) is 33.5 Å². The van der Waals surface area contributed by atoms with Crippen LogP contribution in [0, 0.1) is 5.82 Å². The van der Waals surface area contributed by atoms with E-state index in [1.807, 2.05) is 0 Å². The smallest absolute Gasteiger partial charge is 0.124 e. The molecule has 0 saturated heterocycles. The van der Waals surface area contributed by atoms with Crippen molar-refractivity contribution in [2.24, 2.45) is 0 Å². The summed E-state index contributed by atoms with van der Waals surface area (Å²) in [5.41, 5.74) is 1.75. The van der Waals surface area contributed by atoms with Crippen molar-refractivity contribution in [3.63, 3.8) is 0 Å². The number of thioether (sulfide) groups is 1. The van der Waals surface area contributed by atoms with E-state index in [1.165, 1.54) is 12.1 Å². The molecule has 0 radical (unpaired) electrons. The summed E-state index contributed by atoms with van der Waals surface area (Å²) in [6.45, 7) is 0. The van der Waals surface area contributed by atoms with Crippen molar-refractivity contribution in [3.8, 4) is 0 Å². The predicted octanol–water partition coefficient (Wildman–Crippen LogP) is 2.87. The van der Waals surface area contributed by atoms with Gasteiger partial charge in [-0.15, -0.1) is 0 Å². The van der Waals surface area contributed by atoms with Crippen molar-refractivity contribution < 1.29 is 9.50 Å². The second-order valence-electron chi connectivity index (χ2n) is 2.99. The summed E-state index contributed by atoms with van der Waals surface area (Å²) in [7, 11) is 0. The third-order valence-electron chi connectivity index (χ3n) is 2.08. The van der Waals surface area contributed by atoms with E-state index in [9.17, 15) is 9.50 Å². The first-order chi connectivity index (χ1) is 6.18. The van der Waals surface area contributed by atoms with E-state index in [1.54, 1.807) is 11.8 Å². The fourth-order valence-corrected chi connectivity index (χ4v) is 3.26. The van der Waals surface area contributed by atoms with Crippen molar-refractivity contribution in [1.29, 1.82) is 0 Å². The van der Waals surface area contributed by atoms with E-state index in [0.29, 0.717) is 5.75 Å². The van der Waals surface area contributed by atoms with Gasteiger partial charge < -0.3 is 5.11 Å². The highest BCUT2D eigenvalue weighted by molar-refractivity contribution is 9.10. The Bertz CT molecular complexity index is 343. The van der Waals surface area contributed by atoms with Crippen LogP contribution in [0.4, 0.5) is 4.39 Å². The van der Waals surface area contributed by atoms with Crippen LogP contribution in [0.3, 0.4) is 0 Å². The number of rotatable bonds is 0. The fraction of sp³-hybridized carbons (Fsp3) is 0.333. The average Bonchev–Trinajstić information content (AvgIpc) is 2.07. The van der Waals surface area contributed by atoms with Gasteiger partial charge in [-0.25, -0.2) is 4.39 Å². The van der Waals surface area contributed by atoms with Crippen molar-refractivity contribution in [2.45, 2.75) is 11.9 Å². The summed E-state index contributed by atoms with van der Waals surface area (Å²) in [4.78, 5) is 0. The molecule has 1 aromatic rings. The van der Waals surface area contributed by atoms with Gasteiger partial charge in [0.1, 0.15) is 5.82 Å². The van der Waals surface area contributed by atoms with Crippen LogP contribution in [-0.2, 0) is 5.75 Å². The maximum Gasteiger partial charge on any atom is 0.124 e. The molecule has 4 heteroatoms. The van der Waals surface area contributed by atoms with Gasteiger partial charge >= 0.3 is 0 Å². The molecule has 2 rings (SSSR count). The minimum absolute atomic E-state index is 0.295. The molecule has 0 fully saturated rings. The Balaban J connectivity index is 2.56. The van der Waals surface area contributed by atoms with Crippen LogP contribution in [0.1, 0.15) is 17.2 Å². The molecule has 0 amide bonds. The highest BCUT2D eigenvalue weighted by atomic mass is 79.9. The molecule has 0 aromatic heterocycles. The SMILES string of the molecule is OC1CSCc2c(Br)cc(F)cc21. The zero-order valence-electron chi connectivity index (χ0n) is 6.76. The molecule has 1 unspecified atom stereocenters. The Morgan fingerprint density at radius 3 is 3.08 bits per heavy atom. The average molecular weight is 263 g/mol. The number of benzene rings is 1. The largest absolute Gasteiger partial charge is 0.388 e. The lowest BCUT2D eigenvalue weighted by atomic mass is 10.0. The summed E-state index contributed by atoms with van der Waals surface area (Å²) >= 11 is 4.96. The first kappa shape index (κ1) is 9.49. The molecular formula is C9H8BrFOS. The minimum Gasteiger partial charge on any atom is -0.388 e. The number of aliphatic hydroxyl groups excluding tert-OH is 1. The number of aliphatic hydroxyl groups is 1. The van der Waals surface area contributed by atoms with Gasteiger partial charge in [0.25, 0.3) is 0 Å². The quantitative estimate of drug-likeness (QED) is 0.776. The lowest BCUT2D eigenvalue weighted by molar-refractivity contribution is 0.201. The van der Waals surface area contributed by atoms with Crippen LogP contribution in [0.25, 0.3) is 0 Å². The molecule has 1 heterocycles. The Kier molecular flexibility index (Phi) is 2.62. The molecular weight excluding hydrogens is 255 g/mol. The van der Waals surface area contributed by atoms with Crippen LogP contribution in [0.15, 0.2) is 16.6 Å². The molecule has 13 heavy (non-hydrogen) atoms. The normalized spacial score (nSPS) is 21.3. The Hall–Kier alpha value is -0.0600. The van der Waals surface area contributed by atoms with E-state index < -0.39 is 6.10 Å². The molecule has 0 saturated carbocycles. The van der Waals surface area contributed by atoms with Gasteiger partial charge in [-0.05, 0) is 23.3 Å². The molecule has 1 aromatic carbocycles. The molecule has 0 bridgehead atoms. The maximum absolute atomic E-state index is 13.0. The molecule has 70 valence electrons. The van der Waals surface area contributed by atoms with E-state index in [-0.39, 0.29) is 5.82 Å². The molecule has 1 aliphatic rings. The van der Waals surface area contributed by atoms with Crippen LogP contribution in [-0.4, -0.2) is 10.9 Å². The third-order valence-corrected chi connectivity index (χ3v) is 3.83. The van der Waals surface area contributed by atoms with Gasteiger partial charge in [0, 0.05) is 16.0 Å². The Morgan fingerprint density at radius 1 is 1.54 bits per heavy atom. The topological polar surface area (TPSA) is 20.2 Å². The standard InChI is InChI=1S/C9H8BrFOS/c10-8-2-5(11)1-6-7(8)3-13-4-9(6)12/h1-2,9,12H,3-4H2. The summed E-state index contributed by atoms with van der Waals surface area (Å²) in [6, 6.07) is 2.86. The van der Waals surface area contributed by atoms with E-state index >= 15 is 0 Å². The van der Waals surface area contributed by atoms with Crippen LogP contribution in [0.5, 0.6) is 0 Å². The highest BCUT2D eigenvalue weighted by Crippen LogP contribution is 2.36. The van der Waals surface area contributed by atoms with Crippen molar-refractivity contribution >= 4 is 27.7 Å². The van der Waals surface area contributed by atoms with Crippen molar-refractivity contribution in [1.82, 2.24) is 0 Å². The van der Waals surface area contributed by atoms with Gasteiger partial charge in [-0.2, -0.15) is 11.8 Å². The molecule has 1 N–H and O–H groups in total. The number of hydrogen-bond donors (Lipinski definition) is 1. The van der Waals surface area contributed by atoms with E-state index in [4.69, 9.17) is 0 Å².